The maximum Gasteiger partial charge on any atom is 0.123 e. The second kappa shape index (κ2) is 8.70. The van der Waals surface area contributed by atoms with Crippen molar-refractivity contribution in [1.29, 1.82) is 0 Å². The van der Waals surface area contributed by atoms with Crippen molar-refractivity contribution in [3.05, 3.63) is 62.5 Å². The van der Waals surface area contributed by atoms with Crippen molar-refractivity contribution in [2.45, 2.75) is 19.4 Å². The molecule has 0 aliphatic heterocycles. The van der Waals surface area contributed by atoms with Gasteiger partial charge in [0.25, 0.3) is 0 Å². The molecule has 118 valence electrons. The molecule has 0 spiro atoms. The number of rotatable bonds is 7. The quantitative estimate of drug-likeness (QED) is 0.596. The third-order valence-electron chi connectivity index (χ3n) is 3.38. The van der Waals surface area contributed by atoms with Gasteiger partial charge in [-0.15, -0.1) is 0 Å². The van der Waals surface area contributed by atoms with Crippen LogP contribution in [0.3, 0.4) is 0 Å². The van der Waals surface area contributed by atoms with Gasteiger partial charge in [-0.05, 0) is 74.9 Å². The van der Waals surface area contributed by atoms with Gasteiger partial charge in [0.15, 0.2) is 0 Å². The fourth-order valence-electron chi connectivity index (χ4n) is 2.21. The van der Waals surface area contributed by atoms with Crippen LogP contribution < -0.4 is 4.74 Å². The monoisotopic (exact) mass is 425 g/mol. The summed E-state index contributed by atoms with van der Waals surface area (Å²) in [4.78, 5) is 2.21. The Hall–Kier alpha value is -0.840. The molecule has 0 saturated heterocycles. The first kappa shape index (κ1) is 17.5. The maximum absolute atomic E-state index is 6.03. The van der Waals surface area contributed by atoms with E-state index >= 15 is 0 Å². The summed E-state index contributed by atoms with van der Waals surface area (Å²) in [5, 5.41) is 0. The van der Waals surface area contributed by atoms with Gasteiger partial charge in [-0.1, -0.05) is 44.0 Å². The van der Waals surface area contributed by atoms with Gasteiger partial charge in [0.2, 0.25) is 0 Å². The molecule has 0 aromatic heterocycles. The van der Waals surface area contributed by atoms with Crippen LogP contribution in [0.5, 0.6) is 5.75 Å². The first-order valence-corrected chi connectivity index (χ1v) is 8.93. The fourth-order valence-corrected chi connectivity index (χ4v) is 2.88. The zero-order chi connectivity index (χ0) is 15.9. The van der Waals surface area contributed by atoms with E-state index in [0.29, 0.717) is 6.61 Å². The summed E-state index contributed by atoms with van der Waals surface area (Å²) >= 11 is 7.00. The van der Waals surface area contributed by atoms with Crippen LogP contribution in [-0.2, 0) is 13.0 Å². The maximum atomic E-state index is 6.03. The van der Waals surface area contributed by atoms with E-state index in [1.807, 2.05) is 24.3 Å². The first-order chi connectivity index (χ1) is 10.5. The van der Waals surface area contributed by atoms with Gasteiger partial charge < -0.3 is 9.64 Å². The van der Waals surface area contributed by atoms with E-state index < -0.39 is 0 Å². The lowest BCUT2D eigenvalue weighted by Crippen LogP contribution is -2.13. The van der Waals surface area contributed by atoms with Crippen molar-refractivity contribution < 1.29 is 4.74 Å². The Labute approximate surface area is 149 Å². The first-order valence-electron chi connectivity index (χ1n) is 7.35. The smallest absolute Gasteiger partial charge is 0.123 e. The molecular weight excluding hydrogens is 406 g/mol. The van der Waals surface area contributed by atoms with E-state index in [2.05, 4.69) is 69.1 Å². The summed E-state index contributed by atoms with van der Waals surface area (Å²) in [6.45, 7) is 1.67. The molecule has 0 unspecified atom stereocenters. The molecule has 4 heteroatoms. The molecule has 0 aliphatic carbocycles. The largest absolute Gasteiger partial charge is 0.489 e. The lowest BCUT2D eigenvalue weighted by molar-refractivity contribution is 0.302. The van der Waals surface area contributed by atoms with Gasteiger partial charge in [-0.3, -0.25) is 0 Å². The molecule has 0 aliphatic rings. The van der Waals surface area contributed by atoms with Gasteiger partial charge in [-0.2, -0.15) is 0 Å². The molecule has 0 fully saturated rings. The van der Waals surface area contributed by atoms with Crippen LogP contribution in [-0.4, -0.2) is 25.5 Å². The van der Waals surface area contributed by atoms with Gasteiger partial charge in [-0.25, -0.2) is 0 Å². The van der Waals surface area contributed by atoms with Crippen LogP contribution in [0.4, 0.5) is 0 Å². The Kier molecular flexibility index (Phi) is 6.93. The number of nitrogens with zero attached hydrogens (tertiary/aromatic N) is 1. The third kappa shape index (κ3) is 5.75. The summed E-state index contributed by atoms with van der Waals surface area (Å²) in [5.41, 5.74) is 2.43. The predicted molar refractivity (Wildman–Crippen MR) is 99.5 cm³/mol. The molecule has 2 nitrogen and oxygen atoms in total. The molecule has 2 rings (SSSR count). The van der Waals surface area contributed by atoms with E-state index in [0.717, 1.165) is 34.1 Å². The second-order valence-corrected chi connectivity index (χ2v) is 7.41. The number of hydrogen-bond donors (Lipinski definition) is 0. The third-order valence-corrected chi connectivity index (χ3v) is 4.40. The molecular formula is C18H21Br2NO. The highest BCUT2D eigenvalue weighted by atomic mass is 79.9. The summed E-state index contributed by atoms with van der Waals surface area (Å²) in [6, 6.07) is 14.5. The highest BCUT2D eigenvalue weighted by Crippen LogP contribution is 2.25. The number of aryl methyl sites for hydroxylation is 1. The minimum atomic E-state index is 0.593. The number of benzene rings is 2. The van der Waals surface area contributed by atoms with E-state index in [4.69, 9.17) is 4.74 Å². The van der Waals surface area contributed by atoms with Crippen LogP contribution in [0.1, 0.15) is 17.5 Å². The molecule has 0 saturated carbocycles. The molecule has 2 aromatic rings. The van der Waals surface area contributed by atoms with E-state index in [1.165, 1.54) is 11.1 Å². The molecule has 0 heterocycles. The van der Waals surface area contributed by atoms with Crippen molar-refractivity contribution in [1.82, 2.24) is 4.90 Å². The Morgan fingerprint density at radius 1 is 0.955 bits per heavy atom. The standard InChI is InChI=1S/C18H21Br2NO/c1-21(2)11-3-4-15-12-17(20)9-10-18(15)22-13-14-5-7-16(19)8-6-14/h5-10,12H,3-4,11,13H2,1-2H3. The molecule has 0 amide bonds. The van der Waals surface area contributed by atoms with Crippen LogP contribution in [0.25, 0.3) is 0 Å². The molecule has 0 atom stereocenters. The Bertz CT molecular complexity index is 597. The van der Waals surface area contributed by atoms with Crippen molar-refractivity contribution in [3.63, 3.8) is 0 Å². The normalized spacial score (nSPS) is 11.0. The number of hydrogen-bond acceptors (Lipinski definition) is 2. The fraction of sp³-hybridized carbons (Fsp3) is 0.333. The second-order valence-electron chi connectivity index (χ2n) is 5.57. The molecule has 22 heavy (non-hydrogen) atoms. The van der Waals surface area contributed by atoms with E-state index in [1.54, 1.807) is 0 Å². The highest BCUT2D eigenvalue weighted by molar-refractivity contribution is 9.10. The zero-order valence-electron chi connectivity index (χ0n) is 13.0. The average Bonchev–Trinajstić information content (AvgIpc) is 2.48. The molecule has 0 N–H and O–H groups in total. The summed E-state index contributed by atoms with van der Waals surface area (Å²) < 4.78 is 8.21. The summed E-state index contributed by atoms with van der Waals surface area (Å²) in [5.74, 6) is 0.977. The topological polar surface area (TPSA) is 12.5 Å². The Balaban J connectivity index is 2.01. The Morgan fingerprint density at radius 2 is 1.64 bits per heavy atom. The number of ether oxygens (including phenoxy) is 1. The summed E-state index contributed by atoms with van der Waals surface area (Å²) in [7, 11) is 4.21. The van der Waals surface area contributed by atoms with Crippen molar-refractivity contribution in [2.75, 3.05) is 20.6 Å². The van der Waals surface area contributed by atoms with Gasteiger partial charge in [0.05, 0.1) is 0 Å². The predicted octanol–water partition coefficient (Wildman–Crippen LogP) is 5.28. The SMILES string of the molecule is CN(C)CCCc1cc(Br)ccc1OCc1ccc(Br)cc1. The van der Waals surface area contributed by atoms with Crippen LogP contribution >= 0.6 is 31.9 Å². The molecule has 2 aromatic carbocycles. The average molecular weight is 427 g/mol. The lowest BCUT2D eigenvalue weighted by atomic mass is 10.1. The van der Waals surface area contributed by atoms with Crippen LogP contribution in [0.2, 0.25) is 0 Å². The zero-order valence-corrected chi connectivity index (χ0v) is 16.2. The van der Waals surface area contributed by atoms with Crippen molar-refractivity contribution in [2.24, 2.45) is 0 Å². The van der Waals surface area contributed by atoms with E-state index in [-0.39, 0.29) is 0 Å². The summed E-state index contributed by atoms with van der Waals surface area (Å²) in [6.07, 6.45) is 2.14. The van der Waals surface area contributed by atoms with Gasteiger partial charge in [0.1, 0.15) is 12.4 Å². The van der Waals surface area contributed by atoms with E-state index in [9.17, 15) is 0 Å². The minimum Gasteiger partial charge on any atom is -0.489 e. The highest BCUT2D eigenvalue weighted by Gasteiger charge is 2.06. The molecule has 0 bridgehead atoms. The van der Waals surface area contributed by atoms with Crippen molar-refractivity contribution in [3.8, 4) is 5.75 Å². The lowest BCUT2D eigenvalue weighted by Gasteiger charge is -2.14. The molecule has 0 radical (unpaired) electrons. The van der Waals surface area contributed by atoms with Crippen LogP contribution in [0, 0.1) is 0 Å². The van der Waals surface area contributed by atoms with Crippen LogP contribution in [0.15, 0.2) is 51.4 Å². The minimum absolute atomic E-state index is 0.593. The number of halogens is 2. The van der Waals surface area contributed by atoms with Gasteiger partial charge in [0, 0.05) is 8.95 Å². The van der Waals surface area contributed by atoms with Crippen molar-refractivity contribution >= 4 is 31.9 Å². The Morgan fingerprint density at radius 3 is 2.32 bits per heavy atom. The van der Waals surface area contributed by atoms with Gasteiger partial charge >= 0.3 is 0 Å².